The molecular formula is C31H45N2NaO8S. The molecule has 1 aliphatic rings. The molecule has 0 aromatic heterocycles. The first-order valence-electron chi connectivity index (χ1n) is 14.0. The zero-order valence-corrected chi connectivity index (χ0v) is 29.0. The van der Waals surface area contributed by atoms with Crippen molar-refractivity contribution in [3.63, 3.8) is 0 Å². The Kier molecular flexibility index (Phi) is 21.5. The molecule has 10 nitrogen and oxygen atoms in total. The van der Waals surface area contributed by atoms with Gasteiger partial charge in [-0.1, -0.05) is 48.9 Å². The summed E-state index contributed by atoms with van der Waals surface area (Å²) >= 11 is 1.78. The summed E-state index contributed by atoms with van der Waals surface area (Å²) in [6, 6.07) is 15.6. The fraction of sp³-hybridized carbons (Fsp3) is 0.516. The number of aryl methyl sites for hydroxylation is 1. The number of carbonyl (C=O) groups excluding carboxylic acids is 3. The number of nitrogens with one attached hydrogen (secondary N) is 2. The molecule has 12 heteroatoms. The normalized spacial score (nSPS) is 17.9. The second kappa shape index (κ2) is 22.5. The van der Waals surface area contributed by atoms with Gasteiger partial charge < -0.3 is 40.2 Å². The third-order valence-electron chi connectivity index (χ3n) is 6.12. The first kappa shape index (κ1) is 41.0. The van der Waals surface area contributed by atoms with Gasteiger partial charge in [-0.25, -0.2) is 0 Å². The van der Waals surface area contributed by atoms with E-state index in [1.54, 1.807) is 30.8 Å². The molecule has 1 aliphatic heterocycles. The third-order valence-corrected chi connectivity index (χ3v) is 7.11. The number of rotatable bonds is 12. The number of hydrogen-bond donors (Lipinski definition) is 4. The van der Waals surface area contributed by atoms with E-state index < -0.39 is 17.9 Å². The zero-order valence-electron chi connectivity index (χ0n) is 26.2. The minimum Gasteiger partial charge on any atom is -0.544 e. The summed E-state index contributed by atoms with van der Waals surface area (Å²) in [7, 11) is 1.00. The Morgan fingerprint density at radius 1 is 1.12 bits per heavy atom. The quantitative estimate of drug-likeness (QED) is 0.176. The SMILES string of the molecule is CCSCCCO[C@]1(C(=O)[O-])CCC(NC(C)=O)CO1.CO.Cc1ccc(-c2ccc(C(=O)NCC(C)O)cc2)cc1.[Na+]. The van der Waals surface area contributed by atoms with Crippen molar-refractivity contribution in [2.24, 2.45) is 0 Å². The average molecular weight is 629 g/mol. The van der Waals surface area contributed by atoms with Crippen molar-refractivity contribution in [2.45, 2.75) is 64.9 Å². The zero-order chi connectivity index (χ0) is 31.5. The molecule has 0 saturated carbocycles. The van der Waals surface area contributed by atoms with Gasteiger partial charge in [-0.15, -0.1) is 0 Å². The van der Waals surface area contributed by atoms with Crippen molar-refractivity contribution in [3.05, 3.63) is 59.7 Å². The van der Waals surface area contributed by atoms with Gasteiger partial charge in [-0.2, -0.15) is 11.8 Å². The van der Waals surface area contributed by atoms with Gasteiger partial charge in [-0.05, 0) is 61.5 Å². The van der Waals surface area contributed by atoms with Crippen molar-refractivity contribution in [1.29, 1.82) is 0 Å². The van der Waals surface area contributed by atoms with Crippen LogP contribution in [0.25, 0.3) is 11.1 Å². The Labute approximate surface area is 281 Å². The molecule has 2 aromatic carbocycles. The fourth-order valence-corrected chi connectivity index (χ4v) is 4.55. The van der Waals surface area contributed by atoms with E-state index in [0.717, 1.165) is 36.2 Å². The summed E-state index contributed by atoms with van der Waals surface area (Å²) in [6.07, 6.45) is 0.913. The maximum absolute atomic E-state index is 11.8. The van der Waals surface area contributed by atoms with Crippen molar-refractivity contribution in [3.8, 4) is 11.1 Å². The van der Waals surface area contributed by atoms with E-state index in [1.807, 2.05) is 12.1 Å². The van der Waals surface area contributed by atoms with E-state index in [1.165, 1.54) is 12.5 Å². The van der Waals surface area contributed by atoms with Crippen LogP contribution < -0.4 is 45.3 Å². The number of carboxylic acid groups (broad SMARTS) is 1. The number of thioether (sulfide) groups is 1. The van der Waals surface area contributed by atoms with Crippen molar-refractivity contribution in [2.75, 3.05) is 38.4 Å². The minimum atomic E-state index is -1.66. The Morgan fingerprint density at radius 3 is 2.16 bits per heavy atom. The Bertz CT molecular complexity index is 1080. The molecule has 4 N–H and O–H groups in total. The maximum atomic E-state index is 11.8. The van der Waals surface area contributed by atoms with Crippen LogP contribution in [0.5, 0.6) is 0 Å². The average Bonchev–Trinajstić information content (AvgIpc) is 2.98. The molecule has 2 unspecified atom stereocenters. The van der Waals surface area contributed by atoms with E-state index in [9.17, 15) is 19.5 Å². The van der Waals surface area contributed by atoms with Gasteiger partial charge >= 0.3 is 29.6 Å². The van der Waals surface area contributed by atoms with E-state index in [2.05, 4.69) is 48.7 Å². The number of hydrogen-bond acceptors (Lipinski definition) is 9. The van der Waals surface area contributed by atoms with Crippen LogP contribution in [0.3, 0.4) is 0 Å². The summed E-state index contributed by atoms with van der Waals surface area (Å²) in [5.74, 6) is -1.37. The topological polar surface area (TPSA) is 157 Å². The number of ether oxygens (including phenoxy) is 2. The monoisotopic (exact) mass is 628 g/mol. The van der Waals surface area contributed by atoms with Gasteiger partial charge in [0.2, 0.25) is 11.7 Å². The molecule has 0 bridgehead atoms. The van der Waals surface area contributed by atoms with Gasteiger partial charge in [0.05, 0.1) is 25.4 Å². The van der Waals surface area contributed by atoms with Crippen LogP contribution in [0.1, 0.15) is 56.0 Å². The Hall–Kier alpha value is -1.96. The van der Waals surface area contributed by atoms with E-state index in [4.69, 9.17) is 19.7 Å². The summed E-state index contributed by atoms with van der Waals surface area (Å²) in [4.78, 5) is 34.0. The van der Waals surface area contributed by atoms with E-state index in [-0.39, 0.29) is 67.0 Å². The summed E-state index contributed by atoms with van der Waals surface area (Å²) in [5.41, 5.74) is 4.04. The molecule has 1 saturated heterocycles. The number of benzene rings is 2. The first-order chi connectivity index (χ1) is 20.1. The van der Waals surface area contributed by atoms with Crippen LogP contribution in [0, 0.1) is 6.92 Å². The smallest absolute Gasteiger partial charge is 0.544 e. The molecule has 1 fully saturated rings. The Balaban J connectivity index is 0.000000759. The van der Waals surface area contributed by atoms with Crippen LogP contribution in [-0.4, -0.2) is 84.3 Å². The van der Waals surface area contributed by atoms with Crippen LogP contribution in [0.2, 0.25) is 0 Å². The van der Waals surface area contributed by atoms with Crippen molar-refractivity contribution >= 4 is 29.5 Å². The predicted octanol–water partition coefficient (Wildman–Crippen LogP) is -0.707. The standard InChI is InChI=1S/C17H19NO2.C13H23NO5S.CH4O.Na/c1-12-3-5-14(6-4-12)15-7-9-16(10-8-15)17(20)18-11-13(2)19;1-3-20-8-4-7-18-13(12(16)17)6-5-11(9-19-13)14-10(2)15;1-2;/h3-10,13,19H,11H2,1-2H3,(H,18,20);11H,3-9H2,1-2H3,(H,14,15)(H,16,17);2H,1H3;/q;;;+1/p-1/t;11?,13-;;/m.1../s1. The van der Waals surface area contributed by atoms with E-state index in [0.29, 0.717) is 18.6 Å². The molecular weight excluding hydrogens is 583 g/mol. The van der Waals surface area contributed by atoms with Gasteiger partial charge in [0, 0.05) is 32.6 Å². The summed E-state index contributed by atoms with van der Waals surface area (Å²) < 4.78 is 10.8. The summed E-state index contributed by atoms with van der Waals surface area (Å²) in [5, 5.41) is 32.8. The first-order valence-corrected chi connectivity index (χ1v) is 15.1. The second-order valence-electron chi connectivity index (χ2n) is 9.69. The Morgan fingerprint density at radius 2 is 1.70 bits per heavy atom. The molecule has 0 aliphatic carbocycles. The number of carbonyl (C=O) groups is 3. The number of aliphatic hydroxyl groups excluding tert-OH is 2. The molecule has 3 rings (SSSR count). The fourth-order valence-electron chi connectivity index (χ4n) is 3.93. The van der Waals surface area contributed by atoms with Crippen molar-refractivity contribution < 1.29 is 68.7 Å². The van der Waals surface area contributed by atoms with E-state index >= 15 is 0 Å². The molecule has 1 heterocycles. The molecule has 2 amide bonds. The van der Waals surface area contributed by atoms with Gasteiger partial charge in [0.25, 0.3) is 5.91 Å². The molecule has 0 radical (unpaired) electrons. The number of aliphatic hydroxyl groups is 2. The van der Waals surface area contributed by atoms with Gasteiger partial charge in [0.15, 0.2) is 0 Å². The largest absolute Gasteiger partial charge is 1.00 e. The van der Waals surface area contributed by atoms with Crippen LogP contribution >= 0.6 is 11.8 Å². The van der Waals surface area contributed by atoms with Gasteiger partial charge in [-0.3, -0.25) is 9.59 Å². The minimum absolute atomic E-state index is 0. The molecule has 234 valence electrons. The number of carboxylic acids is 1. The molecule has 2 aromatic rings. The molecule has 0 spiro atoms. The van der Waals surface area contributed by atoms with Crippen LogP contribution in [0.15, 0.2) is 48.5 Å². The second-order valence-corrected chi connectivity index (χ2v) is 11.1. The van der Waals surface area contributed by atoms with Crippen molar-refractivity contribution in [1.82, 2.24) is 10.6 Å². The number of aliphatic carboxylic acids is 1. The van der Waals surface area contributed by atoms with Crippen LogP contribution in [-0.2, 0) is 19.1 Å². The predicted molar refractivity (Wildman–Crippen MR) is 163 cm³/mol. The third kappa shape index (κ3) is 15.6. The summed E-state index contributed by atoms with van der Waals surface area (Å²) in [6.45, 7) is 7.89. The molecule has 43 heavy (non-hydrogen) atoms. The molecule has 3 atom stereocenters. The van der Waals surface area contributed by atoms with Gasteiger partial charge in [0.1, 0.15) is 5.97 Å². The van der Waals surface area contributed by atoms with Crippen LogP contribution in [0.4, 0.5) is 0 Å². The number of amides is 2. The maximum Gasteiger partial charge on any atom is 1.00 e.